The fourth-order valence-electron chi connectivity index (χ4n) is 0.667. The summed E-state index contributed by atoms with van der Waals surface area (Å²) in [6.07, 6.45) is 0. The minimum absolute atomic E-state index is 0.625. The summed E-state index contributed by atoms with van der Waals surface area (Å²) in [4.78, 5) is 0. The first kappa shape index (κ1) is 11.6. The lowest BCUT2D eigenvalue weighted by Crippen LogP contribution is -2.29. The van der Waals surface area contributed by atoms with Crippen LogP contribution in [0.15, 0.2) is 0 Å². The molecule has 58 valence electrons. The Morgan fingerprint density at radius 1 is 0.889 bits per heavy atom. The third-order valence-corrected chi connectivity index (χ3v) is 0.667. The molecule has 0 rings (SSSR count). The number of nitrogens with one attached hydrogen (secondary N) is 1. The van der Waals surface area contributed by atoms with Gasteiger partial charge in [0, 0.05) is 12.1 Å². The lowest BCUT2D eigenvalue weighted by molar-refractivity contribution is 0.518. The van der Waals surface area contributed by atoms with E-state index < -0.39 is 0 Å². The molecule has 5 N–H and O–H groups in total. The highest BCUT2D eigenvalue weighted by Crippen LogP contribution is 1.80. The largest absolute Gasteiger partial charge is 0.312 e. The Labute approximate surface area is 57.8 Å². The van der Waals surface area contributed by atoms with Gasteiger partial charge in [0.2, 0.25) is 0 Å². The summed E-state index contributed by atoms with van der Waals surface area (Å²) in [6.45, 7) is 8.61. The van der Waals surface area contributed by atoms with E-state index in [4.69, 9.17) is 0 Å². The Morgan fingerprint density at radius 2 is 1.11 bits per heavy atom. The third kappa shape index (κ3) is 18.1. The van der Waals surface area contributed by atoms with Gasteiger partial charge < -0.3 is 5.32 Å². The molecule has 0 atom stereocenters. The van der Waals surface area contributed by atoms with Crippen LogP contribution >= 0.6 is 0 Å². The molecule has 0 unspecified atom stereocenters. The highest BCUT2D eigenvalue weighted by atomic mass is 15.0. The minimum atomic E-state index is 0.625. The molecule has 0 aliphatic carbocycles. The second-order valence-corrected chi connectivity index (χ2v) is 2.48. The van der Waals surface area contributed by atoms with Crippen molar-refractivity contribution in [2.75, 3.05) is 0 Å². The van der Waals surface area contributed by atoms with E-state index in [2.05, 4.69) is 44.7 Å². The van der Waals surface area contributed by atoms with Crippen molar-refractivity contribution in [3.8, 4) is 0 Å². The lowest BCUT2D eigenvalue weighted by atomic mass is 10.3. The molecule has 0 aliphatic rings. The number of rotatable bonds is 2. The topological polar surface area (TPSA) is 64.1 Å². The number of hydrogen-bond donors (Lipinski definition) is 3. The standard InChI is InChI=1S/C6H15N.H4N2/c1-5(2)7-6(3)4;1-2/h5-7H,1-4H3;1-2H2. The van der Waals surface area contributed by atoms with E-state index in [-0.39, 0.29) is 0 Å². The van der Waals surface area contributed by atoms with E-state index >= 15 is 0 Å². The van der Waals surface area contributed by atoms with Crippen LogP contribution in [0.2, 0.25) is 0 Å². The summed E-state index contributed by atoms with van der Waals surface area (Å²) in [5.41, 5.74) is 0. The maximum atomic E-state index is 4.00. The van der Waals surface area contributed by atoms with Crippen LogP contribution in [0.25, 0.3) is 0 Å². The molecule has 0 spiro atoms. The Kier molecular flexibility index (Phi) is 10.2. The van der Waals surface area contributed by atoms with Crippen molar-refractivity contribution >= 4 is 0 Å². The third-order valence-electron chi connectivity index (χ3n) is 0.667. The molecule has 3 heteroatoms. The molecular formula is C6H19N3. The van der Waals surface area contributed by atoms with Gasteiger partial charge in [-0.2, -0.15) is 0 Å². The monoisotopic (exact) mass is 133 g/mol. The zero-order valence-corrected chi connectivity index (χ0v) is 6.81. The molecule has 3 nitrogen and oxygen atoms in total. The van der Waals surface area contributed by atoms with Crippen LogP contribution in [0, 0.1) is 0 Å². The van der Waals surface area contributed by atoms with Crippen LogP contribution in [-0.4, -0.2) is 12.1 Å². The maximum Gasteiger partial charge on any atom is 0.00127 e. The van der Waals surface area contributed by atoms with Gasteiger partial charge in [0.05, 0.1) is 0 Å². The average molecular weight is 133 g/mol. The first-order chi connectivity index (χ1) is 4.13. The highest BCUT2D eigenvalue weighted by Gasteiger charge is 1.92. The SMILES string of the molecule is CC(C)NC(C)C.NN. The van der Waals surface area contributed by atoms with Gasteiger partial charge in [-0.3, -0.25) is 11.7 Å². The molecule has 0 bridgehead atoms. The van der Waals surface area contributed by atoms with E-state index in [1.165, 1.54) is 0 Å². The van der Waals surface area contributed by atoms with E-state index in [1.54, 1.807) is 0 Å². The molecule has 0 saturated carbocycles. The smallest absolute Gasteiger partial charge is 0.00127 e. The molecule has 0 radical (unpaired) electrons. The van der Waals surface area contributed by atoms with Crippen LogP contribution in [0.5, 0.6) is 0 Å². The van der Waals surface area contributed by atoms with E-state index in [9.17, 15) is 0 Å². The van der Waals surface area contributed by atoms with Crippen LogP contribution in [-0.2, 0) is 0 Å². The van der Waals surface area contributed by atoms with Gasteiger partial charge in [0.1, 0.15) is 0 Å². The van der Waals surface area contributed by atoms with Crippen molar-refractivity contribution in [1.82, 2.24) is 5.32 Å². The van der Waals surface area contributed by atoms with Crippen molar-refractivity contribution in [3.63, 3.8) is 0 Å². The molecular weight excluding hydrogens is 114 g/mol. The van der Waals surface area contributed by atoms with E-state index in [0.29, 0.717) is 12.1 Å². The minimum Gasteiger partial charge on any atom is -0.312 e. The summed E-state index contributed by atoms with van der Waals surface area (Å²) in [6, 6.07) is 1.25. The Bertz CT molecular complexity index is 37.6. The quantitative estimate of drug-likeness (QED) is 0.373. The van der Waals surface area contributed by atoms with Gasteiger partial charge in [0.25, 0.3) is 0 Å². The molecule has 9 heavy (non-hydrogen) atoms. The molecule has 0 aromatic rings. The second kappa shape index (κ2) is 7.88. The van der Waals surface area contributed by atoms with Gasteiger partial charge in [-0.05, 0) is 0 Å². The molecule has 0 fully saturated rings. The van der Waals surface area contributed by atoms with Gasteiger partial charge in [-0.1, -0.05) is 27.7 Å². The summed E-state index contributed by atoms with van der Waals surface area (Å²) in [5.74, 6) is 8.00. The normalized spacial score (nSPS) is 9.33. The van der Waals surface area contributed by atoms with Gasteiger partial charge >= 0.3 is 0 Å². The van der Waals surface area contributed by atoms with E-state index in [1.807, 2.05) is 0 Å². The average Bonchev–Trinajstić information content (AvgIpc) is 1.68. The zero-order valence-electron chi connectivity index (χ0n) is 6.81. The van der Waals surface area contributed by atoms with Gasteiger partial charge in [0.15, 0.2) is 0 Å². The Balaban J connectivity index is 0. The first-order valence-electron chi connectivity index (χ1n) is 3.22. The summed E-state index contributed by atoms with van der Waals surface area (Å²) < 4.78 is 0. The Hall–Kier alpha value is -0.120. The predicted molar refractivity (Wildman–Crippen MR) is 41.8 cm³/mol. The molecule has 0 heterocycles. The van der Waals surface area contributed by atoms with Crippen LogP contribution in [0.4, 0.5) is 0 Å². The summed E-state index contributed by atoms with van der Waals surface area (Å²) in [5, 5.41) is 3.31. The van der Waals surface area contributed by atoms with Crippen LogP contribution < -0.4 is 17.0 Å². The fourth-order valence-corrected chi connectivity index (χ4v) is 0.667. The van der Waals surface area contributed by atoms with Crippen LogP contribution in [0.1, 0.15) is 27.7 Å². The van der Waals surface area contributed by atoms with Gasteiger partial charge in [-0.15, -0.1) is 0 Å². The van der Waals surface area contributed by atoms with Crippen LogP contribution in [0.3, 0.4) is 0 Å². The second-order valence-electron chi connectivity index (χ2n) is 2.48. The Morgan fingerprint density at radius 3 is 1.11 bits per heavy atom. The van der Waals surface area contributed by atoms with Crippen molar-refractivity contribution in [2.24, 2.45) is 11.7 Å². The molecule has 0 aromatic carbocycles. The number of hydrogen-bond acceptors (Lipinski definition) is 3. The molecule has 0 aromatic heterocycles. The van der Waals surface area contributed by atoms with Crippen molar-refractivity contribution in [1.29, 1.82) is 0 Å². The first-order valence-corrected chi connectivity index (χ1v) is 3.22. The summed E-state index contributed by atoms with van der Waals surface area (Å²) >= 11 is 0. The highest BCUT2D eigenvalue weighted by molar-refractivity contribution is 4.55. The number of hydrazine groups is 1. The maximum absolute atomic E-state index is 4.00. The van der Waals surface area contributed by atoms with Gasteiger partial charge in [-0.25, -0.2) is 0 Å². The summed E-state index contributed by atoms with van der Waals surface area (Å²) in [7, 11) is 0. The van der Waals surface area contributed by atoms with Crippen molar-refractivity contribution in [3.05, 3.63) is 0 Å². The predicted octanol–water partition coefficient (Wildman–Crippen LogP) is 0.212. The lowest BCUT2D eigenvalue weighted by Gasteiger charge is -2.10. The zero-order chi connectivity index (χ0) is 7.86. The molecule has 0 aliphatic heterocycles. The van der Waals surface area contributed by atoms with Crippen molar-refractivity contribution in [2.45, 2.75) is 39.8 Å². The fraction of sp³-hybridized carbons (Fsp3) is 1.00. The van der Waals surface area contributed by atoms with Crippen molar-refractivity contribution < 1.29 is 0 Å². The molecule has 0 amide bonds. The number of nitrogens with two attached hydrogens (primary N) is 2. The van der Waals surface area contributed by atoms with E-state index in [0.717, 1.165) is 0 Å². The molecule has 0 saturated heterocycles.